The molecule has 0 aromatic heterocycles. The summed E-state index contributed by atoms with van der Waals surface area (Å²) in [7, 11) is -4.15. The van der Waals surface area contributed by atoms with Gasteiger partial charge in [0.2, 0.25) is 10.9 Å². The van der Waals surface area contributed by atoms with E-state index in [0.717, 1.165) is 0 Å². The van der Waals surface area contributed by atoms with Gasteiger partial charge in [-0.3, -0.25) is 9.52 Å². The molecule has 0 saturated heterocycles. The minimum atomic E-state index is -4.15. The van der Waals surface area contributed by atoms with E-state index in [1.54, 1.807) is 18.6 Å². The molecule has 1 fully saturated rings. The summed E-state index contributed by atoms with van der Waals surface area (Å²) in [6, 6.07) is 0. The van der Waals surface area contributed by atoms with Crippen LogP contribution in [-0.4, -0.2) is 19.3 Å². The lowest BCUT2D eigenvalue weighted by molar-refractivity contribution is -0.122. The molecule has 1 aliphatic carbocycles. The third-order valence-electron chi connectivity index (χ3n) is 2.37. The molecule has 1 aliphatic rings. The van der Waals surface area contributed by atoms with Crippen LogP contribution < -0.4 is 4.72 Å². The van der Waals surface area contributed by atoms with Crippen molar-refractivity contribution in [2.24, 2.45) is 11.8 Å². The molecule has 1 N–H and O–H groups in total. The molecule has 6 heteroatoms. The van der Waals surface area contributed by atoms with Gasteiger partial charge in [0.25, 0.3) is 10.0 Å². The first-order chi connectivity index (χ1) is 6.21. The van der Waals surface area contributed by atoms with Crippen LogP contribution in [0.3, 0.4) is 0 Å². The third-order valence-corrected chi connectivity index (χ3v) is 4.30. The summed E-state index contributed by atoms with van der Waals surface area (Å²) >= 11 is 0. The van der Waals surface area contributed by atoms with Crippen molar-refractivity contribution in [3.05, 3.63) is 0 Å². The van der Waals surface area contributed by atoms with Crippen molar-refractivity contribution in [2.75, 3.05) is 0 Å². The Labute approximate surface area is 82.9 Å². The molecular formula is C8H14FNO3S. The maximum atomic E-state index is 13.5. The molecule has 1 amide bonds. The van der Waals surface area contributed by atoms with E-state index in [2.05, 4.69) is 0 Å². The summed E-state index contributed by atoms with van der Waals surface area (Å²) in [4.78, 5) is 11.1. The molecule has 14 heavy (non-hydrogen) atoms. The Morgan fingerprint density at radius 2 is 2.00 bits per heavy atom. The van der Waals surface area contributed by atoms with Crippen LogP contribution >= 0.6 is 0 Å². The molecule has 0 aliphatic heterocycles. The molecule has 2 atom stereocenters. The van der Waals surface area contributed by atoms with E-state index in [-0.39, 0.29) is 6.42 Å². The zero-order valence-corrected chi connectivity index (χ0v) is 9.19. The normalized spacial score (nSPS) is 31.6. The van der Waals surface area contributed by atoms with Crippen molar-refractivity contribution >= 4 is 15.9 Å². The number of carbonyl (C=O) groups excluding carboxylic acids is 1. The summed E-state index contributed by atoms with van der Waals surface area (Å²) in [5.41, 5.74) is 0. The van der Waals surface area contributed by atoms with E-state index in [1.807, 2.05) is 0 Å². The Morgan fingerprint density at radius 1 is 1.57 bits per heavy atom. The van der Waals surface area contributed by atoms with Crippen molar-refractivity contribution in [1.29, 1.82) is 0 Å². The van der Waals surface area contributed by atoms with Gasteiger partial charge in [-0.05, 0) is 0 Å². The second kappa shape index (κ2) is 3.18. The molecule has 0 aromatic rings. The molecule has 82 valence electrons. The Bertz CT molecular complexity index is 352. The number of hydrogen-bond donors (Lipinski definition) is 1. The second-order valence-corrected chi connectivity index (χ2v) is 5.91. The molecule has 1 saturated carbocycles. The van der Waals surface area contributed by atoms with Crippen molar-refractivity contribution in [2.45, 2.75) is 32.2 Å². The van der Waals surface area contributed by atoms with Crippen molar-refractivity contribution in [3.63, 3.8) is 0 Å². The molecular weight excluding hydrogens is 209 g/mol. The fourth-order valence-electron chi connectivity index (χ4n) is 1.07. The van der Waals surface area contributed by atoms with Crippen molar-refractivity contribution < 1.29 is 17.6 Å². The molecule has 0 radical (unpaired) electrons. The van der Waals surface area contributed by atoms with E-state index < -0.39 is 32.8 Å². The van der Waals surface area contributed by atoms with Gasteiger partial charge in [0.1, 0.15) is 0 Å². The summed E-state index contributed by atoms with van der Waals surface area (Å²) < 4.78 is 37.9. The lowest BCUT2D eigenvalue weighted by Crippen LogP contribution is -2.40. The van der Waals surface area contributed by atoms with E-state index in [1.165, 1.54) is 6.92 Å². The standard InChI is InChI=1S/C8H14FNO3S/c1-5(2)7(11)10-14(12,13)8(9)4-6(8)3/h5-6H,4H2,1-3H3,(H,10,11). The highest BCUT2D eigenvalue weighted by Gasteiger charge is 2.63. The zero-order valence-electron chi connectivity index (χ0n) is 8.37. The van der Waals surface area contributed by atoms with E-state index in [0.29, 0.717) is 0 Å². The van der Waals surface area contributed by atoms with Gasteiger partial charge in [0.05, 0.1) is 0 Å². The summed E-state index contributed by atoms with van der Waals surface area (Å²) in [5, 5.41) is -2.24. The molecule has 0 spiro atoms. The number of amides is 1. The SMILES string of the molecule is CC(C)C(=O)NS(=O)(=O)C1(F)CC1C. The summed E-state index contributed by atoms with van der Waals surface area (Å²) in [6.45, 7) is 4.59. The number of halogens is 1. The minimum Gasteiger partial charge on any atom is -0.274 e. The molecule has 0 aromatic carbocycles. The number of hydrogen-bond acceptors (Lipinski definition) is 3. The maximum absolute atomic E-state index is 13.5. The molecule has 0 bridgehead atoms. The van der Waals surface area contributed by atoms with Crippen molar-refractivity contribution in [3.8, 4) is 0 Å². The van der Waals surface area contributed by atoms with Gasteiger partial charge in [-0.1, -0.05) is 20.8 Å². The fourth-order valence-corrected chi connectivity index (χ4v) is 2.74. The van der Waals surface area contributed by atoms with Gasteiger partial charge in [-0.2, -0.15) is 0 Å². The molecule has 2 unspecified atom stereocenters. The average molecular weight is 223 g/mol. The summed E-state index contributed by atoms with van der Waals surface area (Å²) in [6.07, 6.45) is -0.0340. The Kier molecular flexibility index (Phi) is 2.60. The van der Waals surface area contributed by atoms with Gasteiger partial charge < -0.3 is 0 Å². The number of nitrogens with one attached hydrogen (secondary N) is 1. The van der Waals surface area contributed by atoms with Gasteiger partial charge in [0.15, 0.2) is 0 Å². The van der Waals surface area contributed by atoms with Crippen LogP contribution in [0.1, 0.15) is 27.2 Å². The molecule has 1 rings (SSSR count). The topological polar surface area (TPSA) is 63.2 Å². The van der Waals surface area contributed by atoms with Gasteiger partial charge in [-0.15, -0.1) is 0 Å². The second-order valence-electron chi connectivity index (χ2n) is 4.02. The third kappa shape index (κ3) is 1.75. The van der Waals surface area contributed by atoms with Crippen LogP contribution in [0.2, 0.25) is 0 Å². The first kappa shape index (κ1) is 11.4. The van der Waals surface area contributed by atoms with Crippen LogP contribution in [-0.2, 0) is 14.8 Å². The lowest BCUT2D eigenvalue weighted by Gasteiger charge is -2.11. The lowest BCUT2D eigenvalue weighted by atomic mass is 10.2. The van der Waals surface area contributed by atoms with Gasteiger partial charge in [-0.25, -0.2) is 12.8 Å². The van der Waals surface area contributed by atoms with Gasteiger partial charge in [0, 0.05) is 18.3 Å². The van der Waals surface area contributed by atoms with Crippen LogP contribution in [0.25, 0.3) is 0 Å². The maximum Gasteiger partial charge on any atom is 0.270 e. The minimum absolute atomic E-state index is 0.0340. The van der Waals surface area contributed by atoms with Crippen molar-refractivity contribution in [1.82, 2.24) is 4.72 Å². The van der Waals surface area contributed by atoms with Crippen LogP contribution in [0.15, 0.2) is 0 Å². The number of carbonyl (C=O) groups is 1. The average Bonchev–Trinajstić information content (AvgIpc) is 2.60. The first-order valence-corrected chi connectivity index (χ1v) is 5.94. The highest BCUT2D eigenvalue weighted by molar-refractivity contribution is 7.91. The fraction of sp³-hybridized carbons (Fsp3) is 0.875. The Hall–Kier alpha value is -0.650. The van der Waals surface area contributed by atoms with Gasteiger partial charge >= 0.3 is 0 Å². The number of sulfonamides is 1. The van der Waals surface area contributed by atoms with Crippen LogP contribution in [0.4, 0.5) is 4.39 Å². The van der Waals surface area contributed by atoms with Crippen LogP contribution in [0, 0.1) is 11.8 Å². The highest BCUT2D eigenvalue weighted by Crippen LogP contribution is 2.50. The largest absolute Gasteiger partial charge is 0.274 e. The molecule has 0 heterocycles. The Balaban J connectivity index is 2.75. The smallest absolute Gasteiger partial charge is 0.270 e. The van der Waals surface area contributed by atoms with Crippen LogP contribution in [0.5, 0.6) is 0 Å². The first-order valence-electron chi connectivity index (χ1n) is 4.46. The predicted octanol–water partition coefficient (Wildman–Crippen LogP) is 0.794. The predicted molar refractivity (Wildman–Crippen MR) is 49.5 cm³/mol. The van der Waals surface area contributed by atoms with E-state index >= 15 is 0 Å². The Morgan fingerprint density at radius 3 is 2.29 bits per heavy atom. The quantitative estimate of drug-likeness (QED) is 0.769. The summed E-state index contributed by atoms with van der Waals surface area (Å²) in [5.74, 6) is -1.66. The molecule has 4 nitrogen and oxygen atoms in total. The zero-order chi connectivity index (χ0) is 11.1. The number of alkyl halides is 1. The monoisotopic (exact) mass is 223 g/mol. The van der Waals surface area contributed by atoms with E-state index in [4.69, 9.17) is 0 Å². The van der Waals surface area contributed by atoms with E-state index in [9.17, 15) is 17.6 Å². The highest BCUT2D eigenvalue weighted by atomic mass is 32.2. The number of rotatable bonds is 3.